The minimum Gasteiger partial charge on any atom is -0.394 e. The summed E-state index contributed by atoms with van der Waals surface area (Å²) < 4.78 is 0. The minimum absolute atomic E-state index is 0.167. The van der Waals surface area contributed by atoms with Crippen molar-refractivity contribution in [2.75, 3.05) is 0 Å². The molecule has 0 unspecified atom stereocenters. The molecule has 0 saturated heterocycles. The second-order valence-corrected chi connectivity index (χ2v) is 6.74. The average Bonchev–Trinajstić information content (AvgIpc) is 2.73. The highest BCUT2D eigenvalue weighted by Gasteiger charge is 1.80. The number of aliphatic hydroxyl groups excluding tert-OH is 1. The van der Waals surface area contributed by atoms with Crippen LogP contribution in [0.5, 0.6) is 0 Å². The first-order chi connectivity index (χ1) is 13.8. The molecule has 1 nitrogen and oxygen atoms in total. The van der Waals surface area contributed by atoms with E-state index in [1.54, 1.807) is 13.8 Å². The molecule has 0 aliphatic carbocycles. The lowest BCUT2D eigenvalue weighted by molar-refractivity contribution is 0.216. The Kier molecular flexibility index (Phi) is 20.2. The molecule has 0 radical (unpaired) electrons. The van der Waals surface area contributed by atoms with Crippen LogP contribution in [-0.2, 0) is 6.42 Å². The van der Waals surface area contributed by atoms with Crippen LogP contribution in [0.25, 0.3) is 0 Å². The summed E-state index contributed by atoms with van der Waals surface area (Å²) in [5.41, 5.74) is 5.39. The largest absolute Gasteiger partial charge is 0.394 e. The highest BCUT2D eigenvalue weighted by Crippen LogP contribution is 1.99. The van der Waals surface area contributed by atoms with Crippen LogP contribution in [0.2, 0.25) is 0 Å². The van der Waals surface area contributed by atoms with Gasteiger partial charge in [0.25, 0.3) is 0 Å². The van der Waals surface area contributed by atoms with Crippen LogP contribution >= 0.6 is 0 Å². The van der Waals surface area contributed by atoms with Crippen LogP contribution in [-0.4, -0.2) is 11.2 Å². The van der Waals surface area contributed by atoms with Gasteiger partial charge in [-0.1, -0.05) is 122 Å². The maximum Gasteiger partial charge on any atom is 0.0483 e. The maximum atomic E-state index is 8.06. The van der Waals surface area contributed by atoms with Gasteiger partial charge < -0.3 is 5.11 Å². The van der Waals surface area contributed by atoms with Gasteiger partial charge in [-0.15, -0.1) is 0 Å². The second kappa shape index (κ2) is 20.4. The van der Waals surface area contributed by atoms with Crippen molar-refractivity contribution in [1.29, 1.82) is 0 Å². The van der Waals surface area contributed by atoms with E-state index in [0.717, 1.165) is 6.42 Å². The SMILES string of the molecule is CC.CC(C)O.CCc1ccccc1.Cc1ccc(C)cc1.Cc1ccccc1. The Labute approximate surface area is 180 Å². The Hall–Kier alpha value is -2.38. The molecule has 0 saturated carbocycles. The molecule has 3 rings (SSSR count). The highest BCUT2D eigenvalue weighted by atomic mass is 16.3. The molecule has 160 valence electrons. The fourth-order valence-corrected chi connectivity index (χ4v) is 1.88. The molecule has 0 fully saturated rings. The van der Waals surface area contributed by atoms with Crippen LogP contribution in [0.3, 0.4) is 0 Å². The van der Waals surface area contributed by atoms with Crippen LogP contribution in [0.1, 0.15) is 56.9 Å². The Morgan fingerprint density at radius 2 is 0.862 bits per heavy atom. The summed E-state index contributed by atoms with van der Waals surface area (Å²) >= 11 is 0. The van der Waals surface area contributed by atoms with E-state index in [9.17, 15) is 0 Å². The normalized spacial score (nSPS) is 8.62. The van der Waals surface area contributed by atoms with Crippen LogP contribution in [0.15, 0.2) is 84.9 Å². The molecule has 29 heavy (non-hydrogen) atoms. The average molecular weight is 395 g/mol. The van der Waals surface area contributed by atoms with Gasteiger partial charge in [-0.25, -0.2) is 0 Å². The predicted molar refractivity (Wildman–Crippen MR) is 132 cm³/mol. The third kappa shape index (κ3) is 21.8. The molecule has 0 aromatic heterocycles. The van der Waals surface area contributed by atoms with Crippen molar-refractivity contribution in [3.8, 4) is 0 Å². The molecule has 0 aliphatic heterocycles. The standard InChI is InChI=1S/2C8H10.C7H8.C3H8O.C2H6/c1-7-3-5-8(2)6-4-7;1-2-8-6-4-3-5-7-8;1-7-5-3-2-4-6-7;1-3(2)4;1-2/h3-6H,1-2H3;3-7H,2H2,1H3;2-6H,1H3;3-4H,1-2H3;1-2H3. The lowest BCUT2D eigenvalue weighted by atomic mass is 10.2. The Bertz CT molecular complexity index is 647. The molecule has 1 heteroatoms. The number of aliphatic hydroxyl groups is 1. The van der Waals surface area contributed by atoms with E-state index in [4.69, 9.17) is 5.11 Å². The van der Waals surface area contributed by atoms with Gasteiger partial charge >= 0.3 is 0 Å². The molecule has 3 aromatic carbocycles. The van der Waals surface area contributed by atoms with Crippen LogP contribution in [0, 0.1) is 20.8 Å². The van der Waals surface area contributed by atoms with Gasteiger partial charge in [-0.3, -0.25) is 0 Å². The van der Waals surface area contributed by atoms with Crippen molar-refractivity contribution in [3.63, 3.8) is 0 Å². The van der Waals surface area contributed by atoms with E-state index in [1.165, 1.54) is 22.3 Å². The zero-order chi connectivity index (χ0) is 22.5. The Morgan fingerprint density at radius 3 is 1.07 bits per heavy atom. The highest BCUT2D eigenvalue weighted by molar-refractivity contribution is 5.19. The summed E-state index contributed by atoms with van der Waals surface area (Å²) in [5, 5.41) is 8.06. The smallest absolute Gasteiger partial charge is 0.0483 e. The van der Waals surface area contributed by atoms with E-state index in [-0.39, 0.29) is 6.10 Å². The fourth-order valence-electron chi connectivity index (χ4n) is 1.88. The number of hydrogen-bond acceptors (Lipinski definition) is 1. The lowest BCUT2D eigenvalue weighted by Gasteiger charge is -1.90. The Morgan fingerprint density at radius 1 is 0.586 bits per heavy atom. The summed E-state index contributed by atoms with van der Waals surface area (Å²) in [6.07, 6.45) is 0.973. The molecule has 0 aliphatic rings. The first kappa shape index (κ1) is 28.8. The number of benzene rings is 3. The van der Waals surface area contributed by atoms with Crippen LogP contribution < -0.4 is 0 Å². The molecule has 3 aromatic rings. The minimum atomic E-state index is -0.167. The van der Waals surface area contributed by atoms with Gasteiger partial charge in [-0.2, -0.15) is 0 Å². The van der Waals surface area contributed by atoms with Crippen molar-refractivity contribution in [1.82, 2.24) is 0 Å². The third-order valence-corrected chi connectivity index (χ3v) is 3.41. The monoisotopic (exact) mass is 394 g/mol. The van der Waals surface area contributed by atoms with Crippen molar-refractivity contribution in [3.05, 3.63) is 107 Å². The van der Waals surface area contributed by atoms with Gasteiger partial charge in [0.05, 0.1) is 0 Å². The van der Waals surface area contributed by atoms with Crippen molar-refractivity contribution < 1.29 is 5.11 Å². The summed E-state index contributed by atoms with van der Waals surface area (Å²) in [4.78, 5) is 0. The summed E-state index contributed by atoms with van der Waals surface area (Å²) in [6.45, 7) is 15.9. The number of hydrogen-bond donors (Lipinski definition) is 1. The molecular weight excluding hydrogens is 352 g/mol. The molecule has 0 atom stereocenters. The van der Waals surface area contributed by atoms with E-state index in [1.807, 2.05) is 38.1 Å². The van der Waals surface area contributed by atoms with Crippen LogP contribution in [0.4, 0.5) is 0 Å². The fraction of sp³-hybridized carbons (Fsp3) is 0.357. The van der Waals surface area contributed by atoms with E-state index < -0.39 is 0 Å². The van der Waals surface area contributed by atoms with Gasteiger partial charge in [0.1, 0.15) is 0 Å². The summed E-state index contributed by atoms with van der Waals surface area (Å²) in [7, 11) is 0. The van der Waals surface area contributed by atoms with Crippen molar-refractivity contribution >= 4 is 0 Å². The number of rotatable bonds is 1. The lowest BCUT2D eigenvalue weighted by Crippen LogP contribution is -1.85. The van der Waals surface area contributed by atoms with Gasteiger partial charge in [0.2, 0.25) is 0 Å². The van der Waals surface area contributed by atoms with Gasteiger partial charge in [-0.05, 0) is 46.6 Å². The van der Waals surface area contributed by atoms with E-state index >= 15 is 0 Å². The molecule has 0 heterocycles. The predicted octanol–water partition coefficient (Wildman–Crippen LogP) is 7.96. The molecule has 0 amide bonds. The van der Waals surface area contributed by atoms with Gasteiger partial charge in [0.15, 0.2) is 0 Å². The molecule has 0 bridgehead atoms. The molecule has 0 spiro atoms. The van der Waals surface area contributed by atoms with E-state index in [0.29, 0.717) is 0 Å². The second-order valence-electron chi connectivity index (χ2n) is 6.74. The Balaban J connectivity index is 0. The topological polar surface area (TPSA) is 20.2 Å². The third-order valence-electron chi connectivity index (χ3n) is 3.41. The summed E-state index contributed by atoms with van der Waals surface area (Å²) in [6, 6.07) is 29.2. The maximum absolute atomic E-state index is 8.06. The molecule has 1 N–H and O–H groups in total. The first-order valence-corrected chi connectivity index (χ1v) is 10.6. The zero-order valence-corrected chi connectivity index (χ0v) is 19.8. The quantitative estimate of drug-likeness (QED) is 0.444. The first-order valence-electron chi connectivity index (χ1n) is 10.6. The van der Waals surface area contributed by atoms with Gasteiger partial charge in [0, 0.05) is 6.10 Å². The number of aryl methyl sites for hydroxylation is 4. The van der Waals surface area contributed by atoms with Crippen molar-refractivity contribution in [2.45, 2.75) is 67.9 Å². The molecular formula is C28H42O. The zero-order valence-electron chi connectivity index (χ0n) is 19.8. The van der Waals surface area contributed by atoms with E-state index in [2.05, 4.69) is 88.4 Å². The van der Waals surface area contributed by atoms with Crippen molar-refractivity contribution in [2.24, 2.45) is 0 Å². The summed E-state index contributed by atoms with van der Waals surface area (Å²) in [5.74, 6) is 0.